The van der Waals surface area contributed by atoms with Gasteiger partial charge < -0.3 is 87.1 Å². The van der Waals surface area contributed by atoms with Crippen molar-refractivity contribution in [2.75, 3.05) is 90.0 Å². The minimum Gasteiger partial charge on any atom is -0.474 e. The zero-order chi connectivity index (χ0) is 77.7. The van der Waals surface area contributed by atoms with E-state index in [1.165, 1.54) is 0 Å². The molecule has 32 heteroatoms. The van der Waals surface area contributed by atoms with Crippen molar-refractivity contribution in [3.05, 3.63) is 194 Å². The molecule has 0 saturated carbocycles. The van der Waals surface area contributed by atoms with Crippen LogP contribution in [0.3, 0.4) is 0 Å². The first-order valence-electron chi connectivity index (χ1n) is 35.0. The Bertz CT molecular complexity index is 5390. The minimum absolute atomic E-state index is 0.130. The average molecular weight is 1550 g/mol. The second-order valence-electron chi connectivity index (χ2n) is 25.3. The second-order valence-corrected chi connectivity index (χ2v) is 26.6. The predicted octanol–water partition coefficient (Wildman–Crippen LogP) is 12.8. The van der Waals surface area contributed by atoms with Gasteiger partial charge in [0.1, 0.15) is 28.9 Å². The number of nitrogens with one attached hydrogen (secondary N) is 13. The van der Waals surface area contributed by atoms with Crippen molar-refractivity contribution in [3.8, 4) is 45.1 Å². The molecule has 0 unspecified atom stereocenters. The van der Waals surface area contributed by atoms with E-state index in [1.54, 1.807) is 133 Å². The van der Waals surface area contributed by atoms with Crippen LogP contribution in [-0.4, -0.2) is 167 Å². The molecular formula is C78H78Cl3N19O10. The highest BCUT2D eigenvalue weighted by molar-refractivity contribution is 6.34. The van der Waals surface area contributed by atoms with Gasteiger partial charge in [-0.05, 0) is 134 Å². The van der Waals surface area contributed by atoms with E-state index >= 15 is 0 Å². The number of aromatic nitrogens is 9. The average Bonchev–Trinajstić information content (AvgIpc) is 1.60. The van der Waals surface area contributed by atoms with Gasteiger partial charge in [0.25, 0.3) is 35.4 Å². The largest absolute Gasteiger partial charge is 0.474 e. The number of hydrogen-bond acceptors (Lipinski definition) is 20. The maximum atomic E-state index is 12.0. The van der Waals surface area contributed by atoms with E-state index < -0.39 is 0 Å². The summed E-state index contributed by atoms with van der Waals surface area (Å²) in [5.74, 6) is 1.25. The first-order valence-corrected chi connectivity index (χ1v) is 36.1. The van der Waals surface area contributed by atoms with Gasteiger partial charge in [0.05, 0.1) is 67.6 Å². The Morgan fingerprint density at radius 3 is 1.12 bits per heavy atom. The summed E-state index contributed by atoms with van der Waals surface area (Å²) in [6, 6.07) is 37.0. The highest BCUT2D eigenvalue weighted by Gasteiger charge is 2.26. The molecule has 2 aliphatic heterocycles. The molecule has 14 rings (SSSR count). The number of carbonyl (C=O) groups is 6. The van der Waals surface area contributed by atoms with Crippen LogP contribution in [0.4, 0.5) is 40.7 Å². The van der Waals surface area contributed by atoms with E-state index in [0.717, 1.165) is 63.4 Å². The predicted molar refractivity (Wildman–Crippen MR) is 426 cm³/mol. The van der Waals surface area contributed by atoms with Gasteiger partial charge in [0.2, 0.25) is 29.6 Å². The zero-order valence-electron chi connectivity index (χ0n) is 60.9. The number of H-pyrrole nitrogens is 3. The SMILES string of the molecule is CNC(=O)c1ccc(-c2c[nH]c3nc(Nc4ccc(C(=O)NC)cc4Cl)nc(NC4CCOCC4)c23)cc1.CNC(=O)c1ccc(-c2c[nH]c3nc(Nc4ccc(C(=O)NC)cc4Cl)nc(OC(C)C)c23)cc1.CNC(=O)c1ccc(-c2c[nH]c3nc(Nc4ccc(C(=O)NC)cc4Cl)nc(O[C@@H]4CCOC4)c23)cc1. The van der Waals surface area contributed by atoms with Gasteiger partial charge >= 0.3 is 0 Å². The molecule has 566 valence electrons. The molecule has 2 fully saturated rings. The Balaban J connectivity index is 0.000000154. The van der Waals surface area contributed by atoms with Crippen LogP contribution in [0.5, 0.6) is 11.8 Å². The maximum Gasteiger partial charge on any atom is 0.251 e. The number of nitrogens with zero attached hydrogens (tertiary/aromatic N) is 6. The number of aromatic amines is 3. The monoisotopic (exact) mass is 1550 g/mol. The Morgan fingerprint density at radius 2 is 0.755 bits per heavy atom. The van der Waals surface area contributed by atoms with Crippen LogP contribution in [0.2, 0.25) is 15.1 Å². The lowest BCUT2D eigenvalue weighted by atomic mass is 10.0. The number of anilines is 7. The fourth-order valence-corrected chi connectivity index (χ4v) is 12.8. The van der Waals surface area contributed by atoms with Gasteiger partial charge in [-0.15, -0.1) is 0 Å². The number of hydrogen-bond donors (Lipinski definition) is 13. The molecule has 1 atom stereocenters. The number of ether oxygens (including phenoxy) is 4. The fourth-order valence-electron chi connectivity index (χ4n) is 12.1. The van der Waals surface area contributed by atoms with Crippen molar-refractivity contribution in [3.63, 3.8) is 0 Å². The number of rotatable bonds is 21. The normalized spacial score (nSPS) is 13.3. The van der Waals surface area contributed by atoms with Crippen LogP contribution in [0, 0.1) is 0 Å². The second kappa shape index (κ2) is 35.1. The Kier molecular flexibility index (Phi) is 24.6. The number of amides is 6. The molecule has 6 aromatic heterocycles. The van der Waals surface area contributed by atoms with Gasteiger partial charge in [-0.3, -0.25) is 28.8 Å². The molecule has 110 heavy (non-hydrogen) atoms. The standard InChI is InChI=1S/C27H28ClN7O3.C26H25ClN6O4.C25H25ClN6O3/c1-29-25(36)16-5-3-15(4-6-16)19-14-31-23-22(19)24(32-18-9-11-38-12-10-18)35-27(34-23)33-21-8-7-17(13-20(21)28)26(37)30-2;1-28-23(34)15-5-3-14(4-6-15)18-12-30-22-21(18)25(37-17-9-10-36-13-17)33-26(32-22)31-20-8-7-16(11-19(20)27)24(35)29-2;1-13(2)35-24-20-17(14-5-7-15(8-6-14)22(33)27-3)12-29-21(20)31-25(32-24)30-19-10-9-16(11-18(19)26)23(34)28-4/h3-8,13-14,18H,9-12H2,1-2H3,(H,29,36)(H,30,37)(H3,31,32,33,34,35);3-8,11-12,17H,9-10,13H2,1-2H3,(H,28,34)(H,29,35)(H2,30,31,32,33);5-13H,1-4H3,(H,27,33)(H,28,34)(H2,29,30,31,32)/t;17-;/m.1./s1. The molecule has 2 saturated heterocycles. The lowest BCUT2D eigenvalue weighted by Crippen LogP contribution is -2.28. The molecule has 13 N–H and O–H groups in total. The summed E-state index contributed by atoms with van der Waals surface area (Å²) >= 11 is 19.3. The third-order valence-corrected chi connectivity index (χ3v) is 18.7. The van der Waals surface area contributed by atoms with Gasteiger partial charge in [0.15, 0.2) is 0 Å². The topological polar surface area (TPSA) is 384 Å². The number of halogens is 3. The highest BCUT2D eigenvalue weighted by atomic mass is 35.5. The number of carbonyl (C=O) groups excluding carboxylic acids is 6. The highest BCUT2D eigenvalue weighted by Crippen LogP contribution is 2.40. The van der Waals surface area contributed by atoms with Crippen LogP contribution in [0.15, 0.2) is 146 Å². The molecule has 8 heterocycles. The van der Waals surface area contributed by atoms with Crippen molar-refractivity contribution in [1.29, 1.82) is 0 Å². The van der Waals surface area contributed by atoms with Crippen LogP contribution < -0.4 is 62.6 Å². The molecule has 6 amide bonds. The molecule has 29 nitrogen and oxygen atoms in total. The minimum atomic E-state index is -0.233. The summed E-state index contributed by atoms with van der Waals surface area (Å²) in [6.07, 6.45) is 7.76. The molecular weight excluding hydrogens is 1470 g/mol. The van der Waals surface area contributed by atoms with Crippen molar-refractivity contribution in [1.82, 2.24) is 76.8 Å². The summed E-state index contributed by atoms with van der Waals surface area (Å²) in [5, 5.41) is 32.0. The number of benzene rings is 6. The summed E-state index contributed by atoms with van der Waals surface area (Å²) < 4.78 is 23.3. The molecule has 0 bridgehead atoms. The fraction of sp³-hybridized carbons (Fsp3) is 0.231. The molecule has 6 aromatic carbocycles. The summed E-state index contributed by atoms with van der Waals surface area (Å²) in [4.78, 5) is 109. The van der Waals surface area contributed by atoms with E-state index in [0.29, 0.717) is 138 Å². The van der Waals surface area contributed by atoms with E-state index in [9.17, 15) is 28.8 Å². The Labute approximate surface area is 645 Å². The smallest absolute Gasteiger partial charge is 0.251 e. The van der Waals surface area contributed by atoms with Crippen molar-refractivity contribution in [2.45, 2.75) is 51.4 Å². The lowest BCUT2D eigenvalue weighted by Gasteiger charge is -2.24. The third-order valence-electron chi connectivity index (χ3n) is 17.8. The number of fused-ring (bicyclic) bond motifs is 3. The molecule has 0 spiro atoms. The van der Waals surface area contributed by atoms with Crippen molar-refractivity contribution in [2.24, 2.45) is 0 Å². The summed E-state index contributed by atoms with van der Waals surface area (Å²) in [5.41, 5.74) is 11.8. The van der Waals surface area contributed by atoms with Gasteiger partial charge in [0, 0.05) is 137 Å². The van der Waals surface area contributed by atoms with Crippen LogP contribution >= 0.6 is 34.8 Å². The summed E-state index contributed by atoms with van der Waals surface area (Å²) in [6.45, 7) is 6.30. The van der Waals surface area contributed by atoms with Crippen LogP contribution in [0.25, 0.3) is 66.5 Å². The first kappa shape index (κ1) is 77.2. The summed E-state index contributed by atoms with van der Waals surface area (Å²) in [7, 11) is 9.48. The maximum absolute atomic E-state index is 12.0. The molecule has 0 radical (unpaired) electrons. The lowest BCUT2D eigenvalue weighted by molar-refractivity contribution is 0.0903. The van der Waals surface area contributed by atoms with Gasteiger partial charge in [-0.25, -0.2) is 0 Å². The quantitative estimate of drug-likeness (QED) is 0.0318. The van der Waals surface area contributed by atoms with Crippen molar-refractivity contribution < 1.29 is 47.7 Å². The molecule has 12 aromatic rings. The van der Waals surface area contributed by atoms with Crippen LogP contribution in [0.1, 0.15) is 95.3 Å². The van der Waals surface area contributed by atoms with E-state index in [4.69, 9.17) is 63.7 Å². The third kappa shape index (κ3) is 17.9. The van der Waals surface area contributed by atoms with Crippen molar-refractivity contribution >= 4 is 144 Å². The Hall–Kier alpha value is -12.4. The molecule has 0 aliphatic carbocycles. The van der Waals surface area contributed by atoms with Crippen LogP contribution in [-0.2, 0) is 9.47 Å². The molecule has 2 aliphatic rings. The van der Waals surface area contributed by atoms with E-state index in [1.807, 2.05) is 68.8 Å². The van der Waals surface area contributed by atoms with E-state index in [2.05, 4.69) is 88.1 Å². The van der Waals surface area contributed by atoms with E-state index in [-0.39, 0.29) is 65.6 Å². The van der Waals surface area contributed by atoms with Gasteiger partial charge in [-0.1, -0.05) is 71.2 Å². The zero-order valence-corrected chi connectivity index (χ0v) is 63.2. The van der Waals surface area contributed by atoms with Gasteiger partial charge in [-0.2, -0.15) is 29.9 Å². The Morgan fingerprint density at radius 1 is 0.418 bits per heavy atom. The first-order chi connectivity index (χ1) is 53.2.